The van der Waals surface area contributed by atoms with Crippen LogP contribution in [0, 0.1) is 11.8 Å². The maximum Gasteiger partial charge on any atom is 0.131 e. The maximum absolute atomic E-state index is 9.92. The molecule has 1 aromatic rings. The average molecular weight is 387 g/mol. The van der Waals surface area contributed by atoms with Gasteiger partial charge in [0.25, 0.3) is 0 Å². The molecule has 1 saturated carbocycles. The fourth-order valence-corrected chi connectivity index (χ4v) is 5.51. The minimum Gasteiger partial charge on any atom is -0.396 e. The van der Waals surface area contributed by atoms with E-state index in [9.17, 15) is 5.11 Å². The molecule has 5 nitrogen and oxygen atoms in total. The van der Waals surface area contributed by atoms with Gasteiger partial charge in [0.05, 0.1) is 0 Å². The van der Waals surface area contributed by atoms with Crippen LogP contribution in [0.5, 0.6) is 0 Å². The van der Waals surface area contributed by atoms with Gasteiger partial charge < -0.3 is 10.0 Å². The van der Waals surface area contributed by atoms with Gasteiger partial charge in [-0.2, -0.15) is 0 Å². The lowest BCUT2D eigenvalue weighted by molar-refractivity contribution is 0.165. The first-order valence-corrected chi connectivity index (χ1v) is 11.7. The summed E-state index contributed by atoms with van der Waals surface area (Å²) >= 11 is 0. The van der Waals surface area contributed by atoms with Crippen LogP contribution in [0.25, 0.3) is 0 Å². The van der Waals surface area contributed by atoms with Gasteiger partial charge in [-0.1, -0.05) is 32.1 Å². The molecule has 156 valence electrons. The number of aliphatic hydroxyl groups excluding tert-OH is 1. The molecule has 1 aliphatic carbocycles. The number of likely N-dealkylation sites (tertiary alicyclic amines) is 2. The Kier molecular flexibility index (Phi) is 7.32. The summed E-state index contributed by atoms with van der Waals surface area (Å²) in [5, 5.41) is 9.92. The molecule has 2 atom stereocenters. The second-order valence-corrected chi connectivity index (χ2v) is 9.40. The van der Waals surface area contributed by atoms with Crippen molar-refractivity contribution in [1.82, 2.24) is 19.8 Å². The number of nitrogens with zero attached hydrogens (tertiary/aromatic N) is 4. The van der Waals surface area contributed by atoms with Gasteiger partial charge >= 0.3 is 0 Å². The molecule has 0 aromatic carbocycles. The molecule has 3 aliphatic rings. The minimum absolute atomic E-state index is 0.312. The zero-order valence-corrected chi connectivity index (χ0v) is 17.4. The van der Waals surface area contributed by atoms with Gasteiger partial charge in [0.1, 0.15) is 5.82 Å². The molecule has 0 spiro atoms. The van der Waals surface area contributed by atoms with Crippen LogP contribution >= 0.6 is 0 Å². The Labute approximate surface area is 170 Å². The number of aromatic nitrogens is 2. The van der Waals surface area contributed by atoms with Crippen molar-refractivity contribution in [1.29, 1.82) is 0 Å². The van der Waals surface area contributed by atoms with E-state index in [0.717, 1.165) is 32.0 Å². The number of aliphatic hydroxyl groups is 1. The van der Waals surface area contributed by atoms with Crippen molar-refractivity contribution >= 4 is 0 Å². The molecular formula is C23H38N4O. The first kappa shape index (κ1) is 20.2. The summed E-state index contributed by atoms with van der Waals surface area (Å²) in [5.74, 6) is 2.62. The molecule has 28 heavy (non-hydrogen) atoms. The van der Waals surface area contributed by atoms with E-state index in [1.165, 1.54) is 76.4 Å². The lowest BCUT2D eigenvalue weighted by atomic mass is 9.89. The third-order valence-electron chi connectivity index (χ3n) is 7.18. The molecule has 4 rings (SSSR count). The fraction of sp³-hybridized carbons (Fsp3) is 0.826. The third kappa shape index (κ3) is 5.31. The van der Waals surface area contributed by atoms with E-state index in [-0.39, 0.29) is 0 Å². The van der Waals surface area contributed by atoms with Crippen LogP contribution in [0.1, 0.15) is 75.1 Å². The molecule has 0 amide bonds. The average Bonchev–Trinajstić information content (AvgIpc) is 2.93. The Morgan fingerprint density at radius 3 is 2.14 bits per heavy atom. The van der Waals surface area contributed by atoms with Gasteiger partial charge in [-0.3, -0.25) is 4.90 Å². The second kappa shape index (κ2) is 10.1. The van der Waals surface area contributed by atoms with Crippen LogP contribution in [0.3, 0.4) is 0 Å². The van der Waals surface area contributed by atoms with Crippen LogP contribution in [-0.2, 0) is 6.54 Å². The Balaban J connectivity index is 1.30. The molecule has 2 aliphatic heterocycles. The molecule has 1 N–H and O–H groups in total. The van der Waals surface area contributed by atoms with Crippen LogP contribution in [-0.4, -0.2) is 64.2 Å². The molecule has 0 bridgehead atoms. The van der Waals surface area contributed by atoms with Gasteiger partial charge in [0, 0.05) is 56.7 Å². The molecule has 3 heterocycles. The van der Waals surface area contributed by atoms with Crippen molar-refractivity contribution in [3.63, 3.8) is 0 Å². The summed E-state index contributed by atoms with van der Waals surface area (Å²) < 4.78 is 0. The van der Waals surface area contributed by atoms with Gasteiger partial charge in [-0.05, 0) is 50.6 Å². The summed E-state index contributed by atoms with van der Waals surface area (Å²) in [5.41, 5.74) is 1.21. The Morgan fingerprint density at radius 2 is 1.46 bits per heavy atom. The quantitative estimate of drug-likeness (QED) is 0.812. The monoisotopic (exact) mass is 386 g/mol. The molecule has 2 saturated heterocycles. The standard InChI is InChI=1S/C23H38N4O/c28-18-22-17-27(16-21(22)15-26-10-6-1-2-7-11-26)14-19-12-24-23(25-13-19)20-8-4-3-5-9-20/h12-13,20-22,28H,1-11,14-18H2. The largest absolute Gasteiger partial charge is 0.396 e. The highest BCUT2D eigenvalue weighted by Gasteiger charge is 2.33. The molecule has 3 fully saturated rings. The second-order valence-electron chi connectivity index (χ2n) is 9.40. The molecule has 0 radical (unpaired) electrons. The first-order valence-electron chi connectivity index (χ1n) is 11.7. The lowest BCUT2D eigenvalue weighted by Crippen LogP contribution is -2.34. The van der Waals surface area contributed by atoms with Crippen molar-refractivity contribution in [2.75, 3.05) is 39.3 Å². The third-order valence-corrected chi connectivity index (χ3v) is 7.18. The highest BCUT2D eigenvalue weighted by Crippen LogP contribution is 2.31. The Bertz CT molecular complexity index is 579. The van der Waals surface area contributed by atoms with E-state index < -0.39 is 0 Å². The first-order chi connectivity index (χ1) is 13.8. The predicted molar refractivity (Wildman–Crippen MR) is 112 cm³/mol. The van der Waals surface area contributed by atoms with E-state index in [1.54, 1.807) is 0 Å². The van der Waals surface area contributed by atoms with Crippen LogP contribution in [0.15, 0.2) is 12.4 Å². The predicted octanol–water partition coefficient (Wildman–Crippen LogP) is 3.44. The van der Waals surface area contributed by atoms with Crippen molar-refractivity contribution < 1.29 is 5.11 Å². The van der Waals surface area contributed by atoms with E-state index in [2.05, 4.69) is 9.80 Å². The zero-order chi connectivity index (χ0) is 19.2. The molecular weight excluding hydrogens is 348 g/mol. The Hall–Kier alpha value is -1.04. The molecule has 2 unspecified atom stereocenters. The van der Waals surface area contributed by atoms with Gasteiger partial charge in [0.15, 0.2) is 0 Å². The summed E-state index contributed by atoms with van der Waals surface area (Å²) in [7, 11) is 0. The van der Waals surface area contributed by atoms with Crippen molar-refractivity contribution in [3.8, 4) is 0 Å². The smallest absolute Gasteiger partial charge is 0.131 e. The van der Waals surface area contributed by atoms with E-state index >= 15 is 0 Å². The van der Waals surface area contributed by atoms with E-state index in [4.69, 9.17) is 9.97 Å². The summed E-state index contributed by atoms with van der Waals surface area (Å²) in [4.78, 5) is 14.6. The van der Waals surface area contributed by atoms with Crippen LogP contribution in [0.4, 0.5) is 0 Å². The Morgan fingerprint density at radius 1 is 0.821 bits per heavy atom. The molecule has 1 aromatic heterocycles. The highest BCUT2D eigenvalue weighted by atomic mass is 16.3. The summed E-state index contributed by atoms with van der Waals surface area (Å²) in [6, 6.07) is 0. The number of hydrogen-bond donors (Lipinski definition) is 1. The minimum atomic E-state index is 0.312. The van der Waals surface area contributed by atoms with Gasteiger partial charge in [-0.25, -0.2) is 9.97 Å². The van der Waals surface area contributed by atoms with Crippen molar-refractivity contribution in [2.24, 2.45) is 11.8 Å². The lowest BCUT2D eigenvalue weighted by Gasteiger charge is -2.26. The summed E-state index contributed by atoms with van der Waals surface area (Å²) in [6.07, 6.45) is 16.1. The number of rotatable bonds is 6. The van der Waals surface area contributed by atoms with E-state index in [0.29, 0.717) is 24.4 Å². The molecule has 5 heteroatoms. The fourth-order valence-electron chi connectivity index (χ4n) is 5.51. The van der Waals surface area contributed by atoms with Crippen molar-refractivity contribution in [2.45, 2.75) is 70.3 Å². The maximum atomic E-state index is 9.92. The van der Waals surface area contributed by atoms with Crippen molar-refractivity contribution in [3.05, 3.63) is 23.8 Å². The van der Waals surface area contributed by atoms with Gasteiger partial charge in [0.2, 0.25) is 0 Å². The van der Waals surface area contributed by atoms with Crippen LogP contribution < -0.4 is 0 Å². The SMILES string of the molecule is OCC1CN(Cc2cnc(C3CCCCC3)nc2)CC1CN1CCCCCC1. The van der Waals surface area contributed by atoms with Gasteiger partial charge in [-0.15, -0.1) is 0 Å². The zero-order valence-electron chi connectivity index (χ0n) is 17.4. The summed E-state index contributed by atoms with van der Waals surface area (Å²) in [6.45, 7) is 6.95. The van der Waals surface area contributed by atoms with Crippen LogP contribution in [0.2, 0.25) is 0 Å². The highest BCUT2D eigenvalue weighted by molar-refractivity contribution is 5.08. The topological polar surface area (TPSA) is 52.5 Å². The van der Waals surface area contributed by atoms with E-state index in [1.807, 2.05) is 12.4 Å². The number of hydrogen-bond acceptors (Lipinski definition) is 5. The normalized spacial score (nSPS) is 28.5.